The molecule has 1 heterocycles. The fourth-order valence-corrected chi connectivity index (χ4v) is 1.60. The van der Waals surface area contributed by atoms with Gasteiger partial charge in [0.1, 0.15) is 0 Å². The number of hydrogen-bond donors (Lipinski definition) is 1. The molecule has 0 bridgehead atoms. The third-order valence-corrected chi connectivity index (χ3v) is 2.66. The lowest BCUT2D eigenvalue weighted by Crippen LogP contribution is -2.17. The minimum absolute atomic E-state index is 0.123. The van der Waals surface area contributed by atoms with Crippen LogP contribution in [0.5, 0.6) is 0 Å². The van der Waals surface area contributed by atoms with Crippen molar-refractivity contribution in [1.82, 2.24) is 0 Å². The van der Waals surface area contributed by atoms with Crippen molar-refractivity contribution >= 4 is 23.1 Å². The Hall–Kier alpha value is -1.09. The minimum atomic E-state index is -0.123. The van der Waals surface area contributed by atoms with Crippen LogP contribution in [0, 0.1) is 5.41 Å². The molecule has 76 valence electrons. The first-order valence-corrected chi connectivity index (χ1v) is 5.36. The van der Waals surface area contributed by atoms with Gasteiger partial charge in [0.05, 0.1) is 5.71 Å². The van der Waals surface area contributed by atoms with Crippen LogP contribution in [0.25, 0.3) is 6.08 Å². The molecule has 2 nitrogen and oxygen atoms in total. The van der Waals surface area contributed by atoms with E-state index in [0.717, 1.165) is 4.88 Å². The van der Waals surface area contributed by atoms with Crippen LogP contribution < -0.4 is 0 Å². The van der Waals surface area contributed by atoms with Gasteiger partial charge in [-0.1, -0.05) is 32.0 Å². The lowest BCUT2D eigenvalue weighted by Gasteiger charge is -2.16. The van der Waals surface area contributed by atoms with Gasteiger partial charge < -0.3 is 5.21 Å². The number of hydrogen-bond acceptors (Lipinski definition) is 3. The summed E-state index contributed by atoms with van der Waals surface area (Å²) in [5, 5.41) is 14.1. The first-order chi connectivity index (χ1) is 6.54. The molecule has 0 saturated carbocycles. The van der Waals surface area contributed by atoms with Gasteiger partial charge in [-0.15, -0.1) is 11.3 Å². The van der Waals surface area contributed by atoms with Crippen LogP contribution in [0.1, 0.15) is 25.6 Å². The van der Waals surface area contributed by atoms with Crippen LogP contribution in [0.15, 0.2) is 28.7 Å². The van der Waals surface area contributed by atoms with Crippen molar-refractivity contribution in [1.29, 1.82) is 0 Å². The summed E-state index contributed by atoms with van der Waals surface area (Å²) in [5.74, 6) is 0. The molecule has 1 rings (SSSR count). The normalized spacial score (nSPS) is 13.8. The van der Waals surface area contributed by atoms with Gasteiger partial charge >= 0.3 is 0 Å². The predicted octanol–water partition coefficient (Wildman–Crippen LogP) is 3.64. The lowest BCUT2D eigenvalue weighted by molar-refractivity contribution is 0.312. The van der Waals surface area contributed by atoms with Crippen molar-refractivity contribution in [3.8, 4) is 0 Å². The standard InChI is InChI=1S/C11H15NOS/c1-11(2,3)10(12-13)7-6-9-5-4-8-14-9/h4-8,13H,1-3H3/b7-6+,12-10-. The molecule has 0 aliphatic carbocycles. The summed E-state index contributed by atoms with van der Waals surface area (Å²) >= 11 is 1.66. The Morgan fingerprint density at radius 1 is 1.50 bits per heavy atom. The van der Waals surface area contributed by atoms with Crippen LogP contribution in [-0.4, -0.2) is 10.9 Å². The van der Waals surface area contributed by atoms with Crippen LogP contribution in [0.2, 0.25) is 0 Å². The largest absolute Gasteiger partial charge is 0.411 e. The van der Waals surface area contributed by atoms with Gasteiger partial charge in [-0.05, 0) is 23.6 Å². The zero-order chi connectivity index (χ0) is 10.6. The van der Waals surface area contributed by atoms with Gasteiger partial charge in [-0.25, -0.2) is 0 Å². The van der Waals surface area contributed by atoms with Gasteiger partial charge in [-0.2, -0.15) is 0 Å². The van der Waals surface area contributed by atoms with E-state index in [1.165, 1.54) is 0 Å². The molecule has 0 fully saturated rings. The van der Waals surface area contributed by atoms with Crippen molar-refractivity contribution in [3.63, 3.8) is 0 Å². The second-order valence-electron chi connectivity index (χ2n) is 4.08. The molecule has 0 spiro atoms. The molecule has 0 atom stereocenters. The molecule has 0 unspecified atom stereocenters. The maximum atomic E-state index is 8.83. The Balaban J connectivity index is 2.77. The van der Waals surface area contributed by atoms with Crippen LogP contribution >= 0.6 is 11.3 Å². The molecular formula is C11H15NOS. The summed E-state index contributed by atoms with van der Waals surface area (Å²) < 4.78 is 0. The van der Waals surface area contributed by atoms with Crippen LogP contribution in [0.3, 0.4) is 0 Å². The first-order valence-electron chi connectivity index (χ1n) is 4.48. The summed E-state index contributed by atoms with van der Waals surface area (Å²) in [4.78, 5) is 1.16. The number of allylic oxidation sites excluding steroid dienone is 1. The van der Waals surface area contributed by atoms with Gasteiger partial charge in [0.15, 0.2) is 0 Å². The highest BCUT2D eigenvalue weighted by Crippen LogP contribution is 2.18. The van der Waals surface area contributed by atoms with Crippen molar-refractivity contribution in [3.05, 3.63) is 28.5 Å². The molecule has 0 amide bonds. The topological polar surface area (TPSA) is 32.6 Å². The van der Waals surface area contributed by atoms with E-state index in [2.05, 4.69) is 5.16 Å². The summed E-state index contributed by atoms with van der Waals surface area (Å²) in [5.41, 5.74) is 0.564. The van der Waals surface area contributed by atoms with Crippen molar-refractivity contribution in [2.24, 2.45) is 10.6 Å². The van der Waals surface area contributed by atoms with E-state index in [0.29, 0.717) is 5.71 Å². The zero-order valence-corrected chi connectivity index (χ0v) is 9.51. The monoisotopic (exact) mass is 209 g/mol. The number of thiophene rings is 1. The SMILES string of the molecule is CC(C)(C)C(/C=C/c1cccs1)=N\O. The Morgan fingerprint density at radius 2 is 2.21 bits per heavy atom. The lowest BCUT2D eigenvalue weighted by atomic mass is 9.90. The minimum Gasteiger partial charge on any atom is -0.411 e. The average Bonchev–Trinajstić information content (AvgIpc) is 2.55. The molecule has 14 heavy (non-hydrogen) atoms. The molecule has 0 aliphatic heterocycles. The zero-order valence-electron chi connectivity index (χ0n) is 8.69. The third kappa shape index (κ3) is 3.00. The van der Waals surface area contributed by atoms with E-state index < -0.39 is 0 Å². The molecule has 3 heteroatoms. The maximum absolute atomic E-state index is 8.83. The molecule has 0 saturated heterocycles. The molecular weight excluding hydrogens is 194 g/mol. The average molecular weight is 209 g/mol. The van der Waals surface area contributed by atoms with Gasteiger partial charge in [0.2, 0.25) is 0 Å². The highest BCUT2D eigenvalue weighted by molar-refractivity contribution is 7.10. The van der Waals surface area contributed by atoms with Crippen LogP contribution in [-0.2, 0) is 0 Å². The molecule has 1 aromatic rings. The fraction of sp³-hybridized carbons (Fsp3) is 0.364. The number of rotatable bonds is 2. The molecule has 0 aliphatic rings. The highest BCUT2D eigenvalue weighted by atomic mass is 32.1. The first kappa shape index (κ1) is 11.0. The Kier molecular flexibility index (Phi) is 3.47. The van der Waals surface area contributed by atoms with E-state index in [1.807, 2.05) is 50.4 Å². The van der Waals surface area contributed by atoms with Crippen molar-refractivity contribution < 1.29 is 5.21 Å². The fourth-order valence-electron chi connectivity index (χ4n) is 0.980. The quantitative estimate of drug-likeness (QED) is 0.450. The van der Waals surface area contributed by atoms with Crippen molar-refractivity contribution in [2.75, 3.05) is 0 Å². The van der Waals surface area contributed by atoms with Crippen LogP contribution in [0.4, 0.5) is 0 Å². The highest BCUT2D eigenvalue weighted by Gasteiger charge is 2.16. The second kappa shape index (κ2) is 4.42. The van der Waals surface area contributed by atoms with E-state index in [9.17, 15) is 0 Å². The van der Waals surface area contributed by atoms with Gasteiger partial charge in [0.25, 0.3) is 0 Å². The number of oxime groups is 1. The molecule has 1 aromatic heterocycles. The number of nitrogens with zero attached hydrogens (tertiary/aromatic N) is 1. The summed E-state index contributed by atoms with van der Waals surface area (Å²) in [6.45, 7) is 6.04. The Bertz CT molecular complexity index is 331. The molecule has 0 aromatic carbocycles. The maximum Gasteiger partial charge on any atom is 0.0849 e. The van der Waals surface area contributed by atoms with E-state index in [-0.39, 0.29) is 5.41 Å². The van der Waals surface area contributed by atoms with E-state index >= 15 is 0 Å². The van der Waals surface area contributed by atoms with Crippen molar-refractivity contribution in [2.45, 2.75) is 20.8 Å². The van der Waals surface area contributed by atoms with Gasteiger partial charge in [-0.3, -0.25) is 0 Å². The summed E-state index contributed by atoms with van der Waals surface area (Å²) in [6, 6.07) is 4.02. The Morgan fingerprint density at radius 3 is 2.64 bits per heavy atom. The Labute approximate surface area is 88.6 Å². The predicted molar refractivity (Wildman–Crippen MR) is 62.0 cm³/mol. The summed E-state index contributed by atoms with van der Waals surface area (Å²) in [7, 11) is 0. The third-order valence-electron chi connectivity index (χ3n) is 1.82. The smallest absolute Gasteiger partial charge is 0.0849 e. The van der Waals surface area contributed by atoms with E-state index in [1.54, 1.807) is 11.3 Å². The second-order valence-corrected chi connectivity index (χ2v) is 5.06. The van der Waals surface area contributed by atoms with E-state index in [4.69, 9.17) is 5.21 Å². The molecule has 0 radical (unpaired) electrons. The molecule has 1 N–H and O–H groups in total. The van der Waals surface area contributed by atoms with Gasteiger partial charge in [0, 0.05) is 10.3 Å². The summed E-state index contributed by atoms with van der Waals surface area (Å²) in [6.07, 6.45) is 3.82.